The summed E-state index contributed by atoms with van der Waals surface area (Å²) >= 11 is 0. The van der Waals surface area contributed by atoms with Gasteiger partial charge in [0, 0.05) is 24.0 Å². The molecule has 152 valence electrons. The molecule has 0 aliphatic carbocycles. The molecule has 1 saturated heterocycles. The van der Waals surface area contributed by atoms with Crippen molar-refractivity contribution in [3.8, 4) is 6.07 Å². The molecule has 0 spiro atoms. The lowest BCUT2D eigenvalue weighted by molar-refractivity contribution is -0.137. The van der Waals surface area contributed by atoms with Crippen LogP contribution in [0.3, 0.4) is 0 Å². The maximum atomic E-state index is 13.4. The van der Waals surface area contributed by atoms with Crippen LogP contribution in [0.2, 0.25) is 0 Å². The minimum Gasteiger partial charge on any atom is -0.343 e. The zero-order valence-corrected chi connectivity index (χ0v) is 15.1. The Kier molecular flexibility index (Phi) is 5.42. The molecule has 5 nitrogen and oxygen atoms in total. The number of pyridine rings is 1. The molecule has 1 fully saturated rings. The summed E-state index contributed by atoms with van der Waals surface area (Å²) in [6.07, 6.45) is -3.97. The first kappa shape index (κ1) is 20.5. The molecule has 3 rings (SSSR count). The lowest BCUT2D eigenvalue weighted by atomic mass is 10.1. The molecule has 2 heterocycles. The Morgan fingerprint density at radius 1 is 1.28 bits per heavy atom. The molecule has 1 aliphatic heterocycles. The molecule has 1 atom stereocenters. The van der Waals surface area contributed by atoms with Crippen molar-refractivity contribution in [1.29, 1.82) is 5.26 Å². The largest absolute Gasteiger partial charge is 0.417 e. The number of aryl methyl sites for hydroxylation is 1. The molecular formula is C19H15F5N4O. The van der Waals surface area contributed by atoms with E-state index in [1.807, 2.05) is 0 Å². The van der Waals surface area contributed by atoms with Crippen molar-refractivity contribution in [1.82, 2.24) is 4.98 Å². The number of aromatic nitrogens is 1. The zero-order valence-electron chi connectivity index (χ0n) is 15.1. The molecule has 1 N–H and O–H groups in total. The molecule has 1 aliphatic rings. The van der Waals surface area contributed by atoms with Gasteiger partial charge in [0.25, 0.3) is 0 Å². The van der Waals surface area contributed by atoms with E-state index in [0.29, 0.717) is 12.8 Å². The monoisotopic (exact) mass is 410 g/mol. The smallest absolute Gasteiger partial charge is 0.343 e. The number of amides is 1. The molecule has 0 saturated carbocycles. The summed E-state index contributed by atoms with van der Waals surface area (Å²) in [6, 6.07) is 4.25. The lowest BCUT2D eigenvalue weighted by Gasteiger charge is -2.27. The molecule has 1 aromatic heterocycles. The Hall–Kier alpha value is -3.22. The van der Waals surface area contributed by atoms with Gasteiger partial charge >= 0.3 is 6.18 Å². The van der Waals surface area contributed by atoms with Crippen LogP contribution in [0.5, 0.6) is 0 Å². The maximum Gasteiger partial charge on any atom is 0.417 e. The molecule has 1 unspecified atom stereocenters. The Morgan fingerprint density at radius 2 is 2.00 bits per heavy atom. The number of carbonyl (C=O) groups is 1. The standard InChI is InChI=1S/C19H15F5N4O/c1-10-7-13(19(22,23)24)12(9-25)17(26-10)28-6-2-3-16(28)18(29)27-11-4-5-14(20)15(21)8-11/h4-5,7-8,16H,2-3,6H2,1H3,(H,27,29). The second kappa shape index (κ2) is 7.66. The van der Waals surface area contributed by atoms with Gasteiger partial charge in [-0.15, -0.1) is 0 Å². The number of rotatable bonds is 3. The number of alkyl halides is 3. The fourth-order valence-corrected chi connectivity index (χ4v) is 3.29. The van der Waals surface area contributed by atoms with Crippen LogP contribution in [0.1, 0.15) is 29.7 Å². The number of nitrogens with zero attached hydrogens (tertiary/aromatic N) is 3. The van der Waals surface area contributed by atoms with Gasteiger partial charge in [-0.1, -0.05) is 0 Å². The molecule has 1 aromatic carbocycles. The highest BCUT2D eigenvalue weighted by atomic mass is 19.4. The van der Waals surface area contributed by atoms with Crippen LogP contribution in [-0.2, 0) is 11.0 Å². The van der Waals surface area contributed by atoms with Crippen LogP contribution >= 0.6 is 0 Å². The van der Waals surface area contributed by atoms with Gasteiger partial charge in [0.15, 0.2) is 11.6 Å². The van der Waals surface area contributed by atoms with Crippen molar-refractivity contribution >= 4 is 17.4 Å². The van der Waals surface area contributed by atoms with Gasteiger partial charge in [0.2, 0.25) is 5.91 Å². The van der Waals surface area contributed by atoms with Crippen molar-refractivity contribution in [3.63, 3.8) is 0 Å². The number of anilines is 2. The van der Waals surface area contributed by atoms with Gasteiger partial charge in [-0.25, -0.2) is 13.8 Å². The van der Waals surface area contributed by atoms with E-state index in [0.717, 1.165) is 18.2 Å². The Bertz CT molecular complexity index is 999. The Labute approximate surface area is 162 Å². The van der Waals surface area contributed by atoms with Crippen molar-refractivity contribution in [2.24, 2.45) is 0 Å². The van der Waals surface area contributed by atoms with Crippen LogP contribution in [-0.4, -0.2) is 23.5 Å². The topological polar surface area (TPSA) is 69.0 Å². The van der Waals surface area contributed by atoms with Gasteiger partial charge in [-0.05, 0) is 38.0 Å². The van der Waals surface area contributed by atoms with Crippen LogP contribution in [0.25, 0.3) is 0 Å². The van der Waals surface area contributed by atoms with E-state index in [1.165, 1.54) is 17.9 Å². The SMILES string of the molecule is Cc1cc(C(F)(F)F)c(C#N)c(N2CCCC2C(=O)Nc2ccc(F)c(F)c2)n1. The number of hydrogen-bond acceptors (Lipinski definition) is 4. The highest BCUT2D eigenvalue weighted by Crippen LogP contribution is 2.37. The minimum atomic E-state index is -4.75. The van der Waals surface area contributed by atoms with E-state index in [9.17, 15) is 32.0 Å². The van der Waals surface area contributed by atoms with Crippen molar-refractivity contribution in [2.75, 3.05) is 16.8 Å². The van der Waals surface area contributed by atoms with Crippen molar-refractivity contribution in [3.05, 3.63) is 52.7 Å². The summed E-state index contributed by atoms with van der Waals surface area (Å²) in [7, 11) is 0. The van der Waals surface area contributed by atoms with Crippen molar-refractivity contribution in [2.45, 2.75) is 32.0 Å². The van der Waals surface area contributed by atoms with Crippen LogP contribution in [0.4, 0.5) is 33.5 Å². The maximum absolute atomic E-state index is 13.4. The summed E-state index contributed by atoms with van der Waals surface area (Å²) in [5.74, 6) is -3.06. The molecule has 29 heavy (non-hydrogen) atoms. The third-order valence-corrected chi connectivity index (χ3v) is 4.56. The Balaban J connectivity index is 1.95. The molecule has 2 aromatic rings. The van der Waals surface area contributed by atoms with E-state index >= 15 is 0 Å². The second-order valence-electron chi connectivity index (χ2n) is 6.59. The number of hydrogen-bond donors (Lipinski definition) is 1. The quantitative estimate of drug-likeness (QED) is 0.772. The van der Waals surface area contributed by atoms with Gasteiger partial charge in [0.05, 0.1) is 5.56 Å². The van der Waals surface area contributed by atoms with E-state index in [2.05, 4.69) is 10.3 Å². The molecule has 10 heteroatoms. The number of nitriles is 1. The third kappa shape index (κ3) is 4.13. The minimum absolute atomic E-state index is 0.00874. The summed E-state index contributed by atoms with van der Waals surface area (Å²) in [5.41, 5.74) is -1.71. The van der Waals surface area contributed by atoms with Gasteiger partial charge in [0.1, 0.15) is 23.5 Å². The second-order valence-corrected chi connectivity index (χ2v) is 6.59. The summed E-state index contributed by atoms with van der Waals surface area (Å²) in [5, 5.41) is 11.8. The molecule has 1 amide bonds. The highest BCUT2D eigenvalue weighted by Gasteiger charge is 2.39. The first-order chi connectivity index (χ1) is 13.6. The predicted molar refractivity (Wildman–Crippen MR) is 94.0 cm³/mol. The predicted octanol–water partition coefficient (Wildman–Crippen LogP) is 4.17. The highest BCUT2D eigenvalue weighted by molar-refractivity contribution is 5.97. The summed E-state index contributed by atoms with van der Waals surface area (Å²) in [4.78, 5) is 18.1. The van der Waals surface area contributed by atoms with E-state index < -0.39 is 40.9 Å². The zero-order chi connectivity index (χ0) is 21.3. The average Bonchev–Trinajstić information content (AvgIpc) is 3.13. The molecule has 0 bridgehead atoms. The van der Waals surface area contributed by atoms with Gasteiger partial charge in [-0.3, -0.25) is 4.79 Å². The van der Waals surface area contributed by atoms with E-state index in [-0.39, 0.29) is 23.7 Å². The van der Waals surface area contributed by atoms with Crippen LogP contribution < -0.4 is 10.2 Å². The van der Waals surface area contributed by atoms with E-state index in [1.54, 1.807) is 6.07 Å². The van der Waals surface area contributed by atoms with Crippen LogP contribution in [0, 0.1) is 29.9 Å². The number of nitrogens with one attached hydrogen (secondary N) is 1. The lowest BCUT2D eigenvalue weighted by Crippen LogP contribution is -2.41. The summed E-state index contributed by atoms with van der Waals surface area (Å²) in [6.45, 7) is 1.59. The first-order valence-electron chi connectivity index (χ1n) is 8.63. The number of carbonyl (C=O) groups excluding carboxylic acids is 1. The number of benzene rings is 1. The van der Waals surface area contributed by atoms with E-state index in [4.69, 9.17) is 0 Å². The average molecular weight is 410 g/mol. The van der Waals surface area contributed by atoms with Crippen LogP contribution in [0.15, 0.2) is 24.3 Å². The van der Waals surface area contributed by atoms with Gasteiger partial charge in [-0.2, -0.15) is 18.4 Å². The number of halogens is 5. The fourth-order valence-electron chi connectivity index (χ4n) is 3.29. The molecular weight excluding hydrogens is 395 g/mol. The van der Waals surface area contributed by atoms with Crippen molar-refractivity contribution < 1.29 is 26.7 Å². The summed E-state index contributed by atoms with van der Waals surface area (Å²) < 4.78 is 66.5. The molecule has 0 radical (unpaired) electrons. The third-order valence-electron chi connectivity index (χ3n) is 4.56. The Morgan fingerprint density at radius 3 is 2.62 bits per heavy atom. The first-order valence-corrected chi connectivity index (χ1v) is 8.63. The fraction of sp³-hybridized carbons (Fsp3) is 0.316. The van der Waals surface area contributed by atoms with Gasteiger partial charge < -0.3 is 10.2 Å². The normalized spacial score (nSPS) is 16.6.